The van der Waals surface area contributed by atoms with Crippen LogP contribution in [0.4, 0.5) is 4.39 Å². The number of methoxy groups -OCH3 is 2. The highest BCUT2D eigenvalue weighted by Crippen LogP contribution is 2.40. The maximum absolute atomic E-state index is 13.1. The molecule has 1 aliphatic heterocycles. The first-order valence-electron chi connectivity index (χ1n) is 6.97. The summed E-state index contributed by atoms with van der Waals surface area (Å²) < 4.78 is 24.1. The average Bonchev–Trinajstić information content (AvgIpc) is 2.54. The van der Waals surface area contributed by atoms with Crippen LogP contribution >= 0.6 is 0 Å². The zero-order valence-electron chi connectivity index (χ0n) is 12.2. The number of benzene rings is 2. The third-order valence-electron chi connectivity index (χ3n) is 3.93. The van der Waals surface area contributed by atoms with Crippen molar-refractivity contribution in [2.24, 2.45) is 0 Å². The van der Waals surface area contributed by atoms with Crippen LogP contribution in [0.5, 0.6) is 11.5 Å². The molecule has 0 radical (unpaired) electrons. The Morgan fingerprint density at radius 2 is 1.67 bits per heavy atom. The molecule has 3 nitrogen and oxygen atoms in total. The predicted molar refractivity (Wildman–Crippen MR) is 79.5 cm³/mol. The molecule has 2 aromatic carbocycles. The molecule has 0 aliphatic carbocycles. The average molecular weight is 287 g/mol. The first kappa shape index (κ1) is 13.9. The first-order chi connectivity index (χ1) is 10.2. The second-order valence-electron chi connectivity index (χ2n) is 5.05. The highest BCUT2D eigenvalue weighted by Gasteiger charge is 2.27. The quantitative estimate of drug-likeness (QED) is 0.941. The summed E-state index contributed by atoms with van der Waals surface area (Å²) in [5.41, 5.74) is 3.25. The van der Waals surface area contributed by atoms with E-state index in [2.05, 4.69) is 5.32 Å². The molecule has 21 heavy (non-hydrogen) atoms. The van der Waals surface area contributed by atoms with Gasteiger partial charge in [-0.05, 0) is 36.2 Å². The van der Waals surface area contributed by atoms with Gasteiger partial charge in [-0.15, -0.1) is 0 Å². The normalized spacial score (nSPS) is 17.2. The molecule has 110 valence electrons. The third kappa shape index (κ3) is 2.47. The Labute approximate surface area is 123 Å². The highest BCUT2D eigenvalue weighted by molar-refractivity contribution is 5.54. The minimum atomic E-state index is -0.229. The van der Waals surface area contributed by atoms with Crippen molar-refractivity contribution in [3.05, 3.63) is 58.9 Å². The van der Waals surface area contributed by atoms with Gasteiger partial charge >= 0.3 is 0 Å². The Kier molecular flexibility index (Phi) is 3.80. The van der Waals surface area contributed by atoms with Gasteiger partial charge < -0.3 is 14.8 Å². The van der Waals surface area contributed by atoms with Gasteiger partial charge in [0.15, 0.2) is 0 Å². The number of fused-ring (bicyclic) bond motifs is 1. The van der Waals surface area contributed by atoms with E-state index in [1.807, 2.05) is 12.1 Å². The number of nitrogens with one attached hydrogen (secondary N) is 1. The summed E-state index contributed by atoms with van der Waals surface area (Å²) in [5.74, 6) is 1.47. The van der Waals surface area contributed by atoms with Crippen molar-refractivity contribution >= 4 is 0 Å². The standard InChI is InChI=1S/C17H18FNO2/c1-20-14-7-8-15(21-2)16-13(14)9-10-19-17(16)11-3-5-12(18)6-4-11/h3-8,17,19H,9-10H2,1-2H3. The van der Waals surface area contributed by atoms with Gasteiger partial charge in [-0.3, -0.25) is 0 Å². The molecule has 4 heteroatoms. The van der Waals surface area contributed by atoms with Gasteiger partial charge in [-0.25, -0.2) is 4.39 Å². The van der Waals surface area contributed by atoms with Crippen LogP contribution in [0.25, 0.3) is 0 Å². The second-order valence-corrected chi connectivity index (χ2v) is 5.05. The van der Waals surface area contributed by atoms with Gasteiger partial charge in [-0.2, -0.15) is 0 Å². The van der Waals surface area contributed by atoms with Crippen molar-refractivity contribution in [1.29, 1.82) is 0 Å². The molecule has 0 saturated heterocycles. The highest BCUT2D eigenvalue weighted by atomic mass is 19.1. The van der Waals surface area contributed by atoms with Crippen molar-refractivity contribution < 1.29 is 13.9 Å². The van der Waals surface area contributed by atoms with Crippen LogP contribution in [0.1, 0.15) is 22.7 Å². The fraction of sp³-hybridized carbons (Fsp3) is 0.294. The van der Waals surface area contributed by atoms with E-state index in [1.54, 1.807) is 26.4 Å². The summed E-state index contributed by atoms with van der Waals surface area (Å²) >= 11 is 0. The maximum atomic E-state index is 13.1. The SMILES string of the molecule is COc1ccc(OC)c2c1CCNC2c1ccc(F)cc1. The molecular weight excluding hydrogens is 269 g/mol. The van der Waals surface area contributed by atoms with Gasteiger partial charge in [0.1, 0.15) is 17.3 Å². The van der Waals surface area contributed by atoms with Gasteiger partial charge in [0, 0.05) is 17.7 Å². The van der Waals surface area contributed by atoms with E-state index in [0.717, 1.165) is 41.2 Å². The largest absolute Gasteiger partial charge is 0.496 e. The fourth-order valence-corrected chi connectivity index (χ4v) is 2.95. The molecule has 0 fully saturated rings. The Morgan fingerprint density at radius 3 is 2.33 bits per heavy atom. The Balaban J connectivity index is 2.13. The van der Waals surface area contributed by atoms with Crippen LogP contribution in [0.15, 0.2) is 36.4 Å². The van der Waals surface area contributed by atoms with Crippen molar-refractivity contribution in [2.75, 3.05) is 20.8 Å². The molecule has 0 aromatic heterocycles. The molecule has 2 aromatic rings. The van der Waals surface area contributed by atoms with Crippen molar-refractivity contribution in [1.82, 2.24) is 5.32 Å². The molecule has 1 heterocycles. The molecule has 0 spiro atoms. The van der Waals surface area contributed by atoms with Gasteiger partial charge in [0.25, 0.3) is 0 Å². The lowest BCUT2D eigenvalue weighted by Gasteiger charge is -2.30. The lowest BCUT2D eigenvalue weighted by molar-refractivity contribution is 0.382. The van der Waals surface area contributed by atoms with Crippen molar-refractivity contribution in [2.45, 2.75) is 12.5 Å². The van der Waals surface area contributed by atoms with Gasteiger partial charge in [0.05, 0.1) is 20.3 Å². The van der Waals surface area contributed by atoms with Crippen molar-refractivity contribution in [3.63, 3.8) is 0 Å². The number of hydrogen-bond donors (Lipinski definition) is 1. The zero-order valence-corrected chi connectivity index (χ0v) is 12.2. The minimum absolute atomic E-state index is 0.0144. The minimum Gasteiger partial charge on any atom is -0.496 e. The van der Waals surface area contributed by atoms with E-state index in [-0.39, 0.29) is 11.9 Å². The van der Waals surface area contributed by atoms with Gasteiger partial charge in [0.2, 0.25) is 0 Å². The lowest BCUT2D eigenvalue weighted by Crippen LogP contribution is -2.31. The van der Waals surface area contributed by atoms with Crippen molar-refractivity contribution in [3.8, 4) is 11.5 Å². The fourth-order valence-electron chi connectivity index (χ4n) is 2.95. The zero-order chi connectivity index (χ0) is 14.8. The maximum Gasteiger partial charge on any atom is 0.124 e. The summed E-state index contributed by atoms with van der Waals surface area (Å²) in [6.45, 7) is 0.846. The number of rotatable bonds is 3. The Hall–Kier alpha value is -2.07. The Bertz CT molecular complexity index is 640. The Morgan fingerprint density at radius 1 is 1.00 bits per heavy atom. The van der Waals surface area contributed by atoms with Crippen LogP contribution in [0.2, 0.25) is 0 Å². The van der Waals surface area contributed by atoms with Gasteiger partial charge in [-0.1, -0.05) is 12.1 Å². The first-order valence-corrected chi connectivity index (χ1v) is 6.97. The summed E-state index contributed by atoms with van der Waals surface area (Å²) in [4.78, 5) is 0. The summed E-state index contributed by atoms with van der Waals surface area (Å²) in [6, 6.07) is 10.4. The van der Waals surface area contributed by atoms with E-state index in [9.17, 15) is 4.39 Å². The lowest BCUT2D eigenvalue weighted by atomic mass is 9.88. The third-order valence-corrected chi connectivity index (χ3v) is 3.93. The van der Waals surface area contributed by atoms with E-state index in [0.29, 0.717) is 0 Å². The second kappa shape index (κ2) is 5.74. The molecule has 1 unspecified atom stereocenters. The van der Waals surface area contributed by atoms with E-state index < -0.39 is 0 Å². The number of hydrogen-bond acceptors (Lipinski definition) is 3. The molecule has 1 atom stereocenters. The van der Waals surface area contributed by atoms with Crippen LogP contribution in [-0.4, -0.2) is 20.8 Å². The number of ether oxygens (including phenoxy) is 2. The van der Waals surface area contributed by atoms with Crippen LogP contribution < -0.4 is 14.8 Å². The number of halogens is 1. The molecule has 1 N–H and O–H groups in total. The van der Waals surface area contributed by atoms with Crippen LogP contribution in [0, 0.1) is 5.82 Å². The molecular formula is C17H18FNO2. The summed E-state index contributed by atoms with van der Waals surface area (Å²) in [7, 11) is 3.34. The van der Waals surface area contributed by atoms with E-state index in [1.165, 1.54) is 12.1 Å². The monoisotopic (exact) mass is 287 g/mol. The van der Waals surface area contributed by atoms with E-state index >= 15 is 0 Å². The summed E-state index contributed by atoms with van der Waals surface area (Å²) in [5, 5.41) is 3.48. The smallest absolute Gasteiger partial charge is 0.124 e. The molecule has 0 amide bonds. The van der Waals surface area contributed by atoms with Crippen LogP contribution in [0.3, 0.4) is 0 Å². The van der Waals surface area contributed by atoms with E-state index in [4.69, 9.17) is 9.47 Å². The molecule has 1 aliphatic rings. The molecule has 0 bridgehead atoms. The topological polar surface area (TPSA) is 30.5 Å². The van der Waals surface area contributed by atoms with Crippen LogP contribution in [-0.2, 0) is 6.42 Å². The molecule has 3 rings (SSSR count). The predicted octanol–water partition coefficient (Wildman–Crippen LogP) is 3.08. The molecule has 0 saturated carbocycles. The summed E-state index contributed by atoms with van der Waals surface area (Å²) in [6.07, 6.45) is 0.882.